The first kappa shape index (κ1) is 43.7. The Labute approximate surface area is 421 Å². The zero-order chi connectivity index (χ0) is 48.1. The first-order valence-electron chi connectivity index (χ1n) is 24.4. The molecule has 72 heavy (non-hydrogen) atoms. The summed E-state index contributed by atoms with van der Waals surface area (Å²) in [5, 5.41) is 0. The molecule has 0 saturated carbocycles. The summed E-state index contributed by atoms with van der Waals surface area (Å²) in [7, 11) is 0. The molecule has 0 unspecified atom stereocenters. The minimum atomic E-state index is 0.585. The number of hydrogen-bond acceptors (Lipinski definition) is 3. The van der Waals surface area contributed by atoms with Crippen molar-refractivity contribution < 1.29 is 0 Å². The predicted molar refractivity (Wildman–Crippen MR) is 300 cm³/mol. The van der Waals surface area contributed by atoms with Crippen LogP contribution in [0.25, 0.3) is 123 Å². The molecule has 0 bridgehead atoms. The highest BCUT2D eigenvalue weighted by atomic mass is 15.0. The van der Waals surface area contributed by atoms with Crippen LogP contribution in [-0.4, -0.2) is 15.0 Å². The molecule has 1 aromatic heterocycles. The summed E-state index contributed by atoms with van der Waals surface area (Å²) in [5.41, 5.74) is 20.7. The lowest BCUT2D eigenvalue weighted by molar-refractivity contribution is 1.07. The Bertz CT molecular complexity index is 3670. The Morgan fingerprint density at radius 3 is 0.792 bits per heavy atom. The monoisotopic (exact) mass is 917 g/mol. The molecule has 3 heteroatoms. The highest BCUT2D eigenvalue weighted by Gasteiger charge is 2.25. The lowest BCUT2D eigenvalue weighted by Crippen LogP contribution is -2.01. The van der Waals surface area contributed by atoms with Gasteiger partial charge in [0.25, 0.3) is 0 Å². The van der Waals surface area contributed by atoms with Crippen LogP contribution < -0.4 is 0 Å². The maximum Gasteiger partial charge on any atom is 0.164 e. The molecule has 3 nitrogen and oxygen atoms in total. The van der Waals surface area contributed by atoms with Crippen molar-refractivity contribution in [1.82, 2.24) is 15.0 Å². The topological polar surface area (TPSA) is 38.7 Å². The zero-order valence-corrected chi connectivity index (χ0v) is 39.5. The third-order valence-electron chi connectivity index (χ3n) is 13.3. The molecule has 0 fully saturated rings. The minimum absolute atomic E-state index is 0.585. The summed E-state index contributed by atoms with van der Waals surface area (Å²) in [5.74, 6) is 1.79. The van der Waals surface area contributed by atoms with Crippen molar-refractivity contribution in [2.24, 2.45) is 0 Å². The van der Waals surface area contributed by atoms with Gasteiger partial charge >= 0.3 is 0 Å². The lowest BCUT2D eigenvalue weighted by Gasteiger charge is -2.25. The van der Waals surface area contributed by atoms with Crippen LogP contribution >= 0.6 is 0 Å². The van der Waals surface area contributed by atoms with Gasteiger partial charge in [0.15, 0.2) is 17.5 Å². The Kier molecular flexibility index (Phi) is 12.0. The van der Waals surface area contributed by atoms with Crippen molar-refractivity contribution in [3.05, 3.63) is 285 Å². The second-order valence-electron chi connectivity index (χ2n) is 17.9. The van der Waals surface area contributed by atoms with Crippen LogP contribution in [0.1, 0.15) is 0 Å². The van der Waals surface area contributed by atoms with E-state index in [-0.39, 0.29) is 0 Å². The fraction of sp³-hybridized carbons (Fsp3) is 0. The highest BCUT2D eigenvalue weighted by molar-refractivity contribution is 6.08. The fourth-order valence-electron chi connectivity index (χ4n) is 9.82. The second-order valence-corrected chi connectivity index (χ2v) is 17.9. The van der Waals surface area contributed by atoms with Crippen LogP contribution in [0.2, 0.25) is 0 Å². The third kappa shape index (κ3) is 8.95. The van der Waals surface area contributed by atoms with Crippen LogP contribution in [0.3, 0.4) is 0 Å². The normalized spacial score (nSPS) is 11.1. The molecular formula is C69H47N3. The van der Waals surface area contributed by atoms with E-state index < -0.39 is 0 Å². The molecule has 338 valence electrons. The molecule has 12 rings (SSSR count). The van der Waals surface area contributed by atoms with E-state index in [1.54, 1.807) is 0 Å². The molecule has 1 heterocycles. The Hall–Kier alpha value is -9.57. The Balaban J connectivity index is 1.13. The van der Waals surface area contributed by atoms with Gasteiger partial charge in [-0.05, 0) is 113 Å². The fourth-order valence-corrected chi connectivity index (χ4v) is 9.82. The first-order valence-corrected chi connectivity index (χ1v) is 24.4. The summed E-state index contributed by atoms with van der Waals surface area (Å²) in [6.45, 7) is 0. The van der Waals surface area contributed by atoms with Gasteiger partial charge in [-0.3, -0.25) is 0 Å². The zero-order valence-electron chi connectivity index (χ0n) is 39.5. The maximum absolute atomic E-state index is 5.38. The molecule has 0 aliphatic rings. The number of rotatable bonds is 11. The van der Waals surface area contributed by atoms with Gasteiger partial charge in [-0.2, -0.15) is 0 Å². The van der Waals surface area contributed by atoms with E-state index >= 15 is 0 Å². The summed E-state index contributed by atoms with van der Waals surface area (Å²) < 4.78 is 0. The highest BCUT2D eigenvalue weighted by Crippen LogP contribution is 2.51. The van der Waals surface area contributed by atoms with Crippen LogP contribution in [0, 0.1) is 0 Å². The Morgan fingerprint density at radius 2 is 0.403 bits per heavy atom. The SMILES string of the molecule is c1ccc(-c2ccc(-c3nc(-c4ccc(-c5ccccc5)cc4)nc(-c4cc(-c5ccccc5)cc(-c5cc(-c6ccccc6)c(-c6ccccc6)c(-c6ccccc6)c5-c5ccccc5)c4)n3)cc2)cc1. The van der Waals surface area contributed by atoms with Gasteiger partial charge in [0.05, 0.1) is 0 Å². The van der Waals surface area contributed by atoms with Crippen LogP contribution in [0.5, 0.6) is 0 Å². The van der Waals surface area contributed by atoms with Gasteiger partial charge in [0, 0.05) is 16.7 Å². The lowest BCUT2D eigenvalue weighted by atomic mass is 9.78. The minimum Gasteiger partial charge on any atom is -0.208 e. The molecule has 0 saturated heterocycles. The van der Waals surface area contributed by atoms with Gasteiger partial charge in [-0.15, -0.1) is 0 Å². The van der Waals surface area contributed by atoms with Gasteiger partial charge in [0.2, 0.25) is 0 Å². The largest absolute Gasteiger partial charge is 0.208 e. The standard InChI is InChI=1S/C69H47N3/c1-8-22-48(23-9-1)51-36-40-57(41-37-51)67-70-68(58-42-38-52(39-43-58)49-24-10-2-11-25-49)72-69(71-67)61-45-59(50-26-12-3-13-27-50)44-60(46-61)63-47-62(53-28-14-4-15-29-53)64(54-30-16-5-17-31-54)66(56-34-20-7-21-35-56)65(63)55-32-18-6-19-33-55/h1-47H. The second kappa shape index (κ2) is 19.8. The van der Waals surface area contributed by atoms with E-state index in [0.717, 1.165) is 94.6 Å². The van der Waals surface area contributed by atoms with Gasteiger partial charge < -0.3 is 0 Å². The average Bonchev–Trinajstić information content (AvgIpc) is 3.48. The molecule has 0 aliphatic carbocycles. The van der Waals surface area contributed by atoms with Gasteiger partial charge in [0.1, 0.15) is 0 Å². The number of hydrogen-bond donors (Lipinski definition) is 0. The van der Waals surface area contributed by atoms with Crippen molar-refractivity contribution in [1.29, 1.82) is 0 Å². The van der Waals surface area contributed by atoms with E-state index in [1.165, 1.54) is 11.1 Å². The smallest absolute Gasteiger partial charge is 0.164 e. The molecule has 0 amide bonds. The van der Waals surface area contributed by atoms with Gasteiger partial charge in [-0.1, -0.05) is 261 Å². The van der Waals surface area contributed by atoms with E-state index in [2.05, 4.69) is 273 Å². The number of benzene rings is 11. The summed E-state index contributed by atoms with van der Waals surface area (Å²) in [4.78, 5) is 16.0. The summed E-state index contributed by atoms with van der Waals surface area (Å²) >= 11 is 0. The molecule has 0 radical (unpaired) electrons. The molecule has 0 spiro atoms. The van der Waals surface area contributed by atoms with Crippen molar-refractivity contribution in [3.63, 3.8) is 0 Å². The van der Waals surface area contributed by atoms with Gasteiger partial charge in [-0.25, -0.2) is 15.0 Å². The molecular weight excluding hydrogens is 871 g/mol. The van der Waals surface area contributed by atoms with Crippen LogP contribution in [0.4, 0.5) is 0 Å². The number of aromatic nitrogens is 3. The summed E-state index contributed by atoms with van der Waals surface area (Å²) in [6, 6.07) is 101. The van der Waals surface area contributed by atoms with Crippen LogP contribution in [-0.2, 0) is 0 Å². The third-order valence-corrected chi connectivity index (χ3v) is 13.3. The predicted octanol–water partition coefficient (Wildman–Crippen LogP) is 18.2. The molecule has 11 aromatic carbocycles. The maximum atomic E-state index is 5.38. The van der Waals surface area contributed by atoms with Crippen molar-refractivity contribution in [2.45, 2.75) is 0 Å². The molecule has 0 N–H and O–H groups in total. The first-order chi connectivity index (χ1) is 35.7. The average molecular weight is 918 g/mol. The molecule has 0 atom stereocenters. The quantitative estimate of drug-likeness (QED) is 0.130. The van der Waals surface area contributed by atoms with E-state index in [1.807, 2.05) is 12.1 Å². The van der Waals surface area contributed by atoms with Crippen LogP contribution in [0.15, 0.2) is 285 Å². The van der Waals surface area contributed by atoms with Crippen molar-refractivity contribution in [2.75, 3.05) is 0 Å². The Morgan fingerprint density at radius 1 is 0.153 bits per heavy atom. The van der Waals surface area contributed by atoms with E-state index in [4.69, 9.17) is 15.0 Å². The van der Waals surface area contributed by atoms with E-state index in [9.17, 15) is 0 Å². The van der Waals surface area contributed by atoms with E-state index in [0.29, 0.717) is 17.5 Å². The molecule has 0 aliphatic heterocycles. The molecule has 12 aromatic rings. The van der Waals surface area contributed by atoms with Crippen molar-refractivity contribution >= 4 is 0 Å². The summed E-state index contributed by atoms with van der Waals surface area (Å²) in [6.07, 6.45) is 0. The number of nitrogens with zero attached hydrogens (tertiary/aromatic N) is 3. The van der Waals surface area contributed by atoms with Crippen molar-refractivity contribution in [3.8, 4) is 123 Å².